The smallest absolute Gasteiger partial charge is 0.251 e. The van der Waals surface area contributed by atoms with E-state index in [4.69, 9.17) is 10.00 Å². The van der Waals surface area contributed by atoms with Gasteiger partial charge >= 0.3 is 0 Å². The molecule has 5 nitrogen and oxygen atoms in total. The third-order valence-corrected chi connectivity index (χ3v) is 4.63. The second kappa shape index (κ2) is 8.28. The number of rotatable bonds is 6. The van der Waals surface area contributed by atoms with E-state index in [1.54, 1.807) is 47.9 Å². The summed E-state index contributed by atoms with van der Waals surface area (Å²) in [7, 11) is 0. The van der Waals surface area contributed by atoms with Gasteiger partial charge in [-0.1, -0.05) is 24.3 Å². The summed E-state index contributed by atoms with van der Waals surface area (Å²) < 4.78 is 5.75. The van der Waals surface area contributed by atoms with Crippen molar-refractivity contribution >= 4 is 17.2 Å². The van der Waals surface area contributed by atoms with Crippen LogP contribution in [-0.2, 0) is 13.2 Å². The first-order valence-corrected chi connectivity index (χ1v) is 8.88. The van der Waals surface area contributed by atoms with Crippen molar-refractivity contribution in [3.63, 3.8) is 0 Å². The molecule has 3 aromatic rings. The zero-order valence-electron chi connectivity index (χ0n) is 14.2. The zero-order valence-corrected chi connectivity index (χ0v) is 15.0. The lowest BCUT2D eigenvalue weighted by Crippen LogP contribution is -2.22. The number of nitrogens with one attached hydrogen (secondary N) is 1. The van der Waals surface area contributed by atoms with Gasteiger partial charge in [0.2, 0.25) is 0 Å². The number of carbonyl (C=O) groups is 1. The van der Waals surface area contributed by atoms with Crippen molar-refractivity contribution in [1.29, 1.82) is 5.26 Å². The molecule has 0 aliphatic rings. The third-order valence-electron chi connectivity index (χ3n) is 3.72. The van der Waals surface area contributed by atoms with Gasteiger partial charge in [0, 0.05) is 22.2 Å². The van der Waals surface area contributed by atoms with Crippen molar-refractivity contribution < 1.29 is 9.53 Å². The zero-order chi connectivity index (χ0) is 18.4. The first-order chi connectivity index (χ1) is 12.7. The molecule has 6 heteroatoms. The molecule has 0 aliphatic carbocycles. The number of benzene rings is 2. The molecule has 0 spiro atoms. The van der Waals surface area contributed by atoms with Crippen LogP contribution in [0.25, 0.3) is 0 Å². The van der Waals surface area contributed by atoms with Crippen LogP contribution < -0.4 is 10.1 Å². The van der Waals surface area contributed by atoms with Crippen molar-refractivity contribution in [2.45, 2.75) is 20.1 Å². The number of aryl methyl sites for hydroxylation is 1. The molecule has 1 heterocycles. The maximum Gasteiger partial charge on any atom is 0.251 e. The molecule has 3 rings (SSSR count). The Morgan fingerprint density at radius 3 is 2.88 bits per heavy atom. The summed E-state index contributed by atoms with van der Waals surface area (Å²) in [5.41, 5.74) is 1.92. The van der Waals surface area contributed by atoms with Gasteiger partial charge in [-0.15, -0.1) is 11.3 Å². The number of amides is 1. The number of hydrogen-bond donors (Lipinski definition) is 1. The third kappa shape index (κ3) is 4.47. The van der Waals surface area contributed by atoms with Gasteiger partial charge in [0.15, 0.2) is 0 Å². The number of thiazole rings is 1. The van der Waals surface area contributed by atoms with Crippen LogP contribution in [0, 0.1) is 18.3 Å². The number of nitrogens with zero attached hydrogens (tertiary/aromatic N) is 2. The quantitative estimate of drug-likeness (QED) is 0.722. The van der Waals surface area contributed by atoms with E-state index in [2.05, 4.69) is 16.4 Å². The molecule has 0 aliphatic heterocycles. The fourth-order valence-electron chi connectivity index (χ4n) is 2.40. The summed E-state index contributed by atoms with van der Waals surface area (Å²) in [6.45, 7) is 2.65. The summed E-state index contributed by atoms with van der Waals surface area (Å²) in [5, 5.41) is 13.0. The molecule has 0 fully saturated rings. The van der Waals surface area contributed by atoms with Crippen LogP contribution in [0.1, 0.15) is 31.4 Å². The minimum Gasteiger partial charge on any atom is -0.489 e. The van der Waals surface area contributed by atoms with Crippen LogP contribution in [0.5, 0.6) is 5.75 Å². The second-order valence-electron chi connectivity index (χ2n) is 5.61. The Kier molecular flexibility index (Phi) is 5.62. The Morgan fingerprint density at radius 2 is 2.12 bits per heavy atom. The highest BCUT2D eigenvalue weighted by Crippen LogP contribution is 2.17. The first kappa shape index (κ1) is 17.6. The Labute approximate surface area is 155 Å². The fraction of sp³-hybridized carbons (Fsp3) is 0.150. The Hall–Kier alpha value is -3.17. The maximum absolute atomic E-state index is 12.3. The SMILES string of the molecule is Cc1ncc(CNC(=O)c2cccc(OCc3ccccc3C#N)c2)s1. The molecule has 1 aromatic heterocycles. The van der Waals surface area contributed by atoms with E-state index in [0.29, 0.717) is 23.4 Å². The van der Waals surface area contributed by atoms with Crippen molar-refractivity contribution in [2.75, 3.05) is 0 Å². The summed E-state index contributed by atoms with van der Waals surface area (Å²) in [4.78, 5) is 17.5. The highest BCUT2D eigenvalue weighted by molar-refractivity contribution is 7.11. The molecule has 130 valence electrons. The van der Waals surface area contributed by atoms with Crippen molar-refractivity contribution in [3.05, 3.63) is 81.3 Å². The molecule has 0 saturated carbocycles. The second-order valence-corrected chi connectivity index (χ2v) is 6.93. The monoisotopic (exact) mass is 363 g/mol. The van der Waals surface area contributed by atoms with E-state index in [9.17, 15) is 4.79 Å². The van der Waals surface area contributed by atoms with Gasteiger partial charge in [0.05, 0.1) is 23.2 Å². The molecule has 0 atom stereocenters. The van der Waals surface area contributed by atoms with E-state index >= 15 is 0 Å². The molecule has 1 amide bonds. The van der Waals surface area contributed by atoms with Gasteiger partial charge in [-0.25, -0.2) is 4.98 Å². The minimum absolute atomic E-state index is 0.168. The highest BCUT2D eigenvalue weighted by Gasteiger charge is 2.08. The summed E-state index contributed by atoms with van der Waals surface area (Å²) in [5.74, 6) is 0.415. The van der Waals surface area contributed by atoms with E-state index in [1.165, 1.54) is 0 Å². The number of carbonyl (C=O) groups excluding carboxylic acids is 1. The maximum atomic E-state index is 12.3. The van der Waals surface area contributed by atoms with Gasteiger partial charge in [0.1, 0.15) is 12.4 Å². The molecule has 0 radical (unpaired) electrons. The first-order valence-electron chi connectivity index (χ1n) is 8.06. The molecule has 2 aromatic carbocycles. The van der Waals surface area contributed by atoms with Gasteiger partial charge in [-0.3, -0.25) is 4.79 Å². The number of ether oxygens (including phenoxy) is 1. The lowest BCUT2D eigenvalue weighted by Gasteiger charge is -2.09. The summed E-state index contributed by atoms with van der Waals surface area (Å²) >= 11 is 1.56. The minimum atomic E-state index is -0.168. The Bertz CT molecular complexity index is 959. The van der Waals surface area contributed by atoms with Gasteiger partial charge in [-0.05, 0) is 31.2 Å². The van der Waals surface area contributed by atoms with Crippen LogP contribution >= 0.6 is 11.3 Å². The highest BCUT2D eigenvalue weighted by atomic mass is 32.1. The van der Waals surface area contributed by atoms with E-state index in [1.807, 2.05) is 25.1 Å². The normalized spacial score (nSPS) is 10.2. The van der Waals surface area contributed by atoms with Crippen LogP contribution in [-0.4, -0.2) is 10.9 Å². The lowest BCUT2D eigenvalue weighted by atomic mass is 10.1. The van der Waals surface area contributed by atoms with E-state index < -0.39 is 0 Å². The van der Waals surface area contributed by atoms with Crippen LogP contribution in [0.4, 0.5) is 0 Å². The molecule has 0 saturated heterocycles. The van der Waals surface area contributed by atoms with Crippen molar-refractivity contribution in [3.8, 4) is 11.8 Å². The average Bonchev–Trinajstić information content (AvgIpc) is 3.10. The largest absolute Gasteiger partial charge is 0.489 e. The van der Waals surface area contributed by atoms with Crippen molar-refractivity contribution in [1.82, 2.24) is 10.3 Å². The average molecular weight is 363 g/mol. The topological polar surface area (TPSA) is 75.0 Å². The van der Waals surface area contributed by atoms with Crippen LogP contribution in [0.3, 0.4) is 0 Å². The molecular weight excluding hydrogens is 346 g/mol. The van der Waals surface area contributed by atoms with E-state index in [-0.39, 0.29) is 12.5 Å². The summed E-state index contributed by atoms with van der Waals surface area (Å²) in [6, 6.07) is 16.4. The molecule has 0 unspecified atom stereocenters. The summed E-state index contributed by atoms with van der Waals surface area (Å²) in [6.07, 6.45) is 1.77. The Balaban J connectivity index is 1.62. The van der Waals surface area contributed by atoms with Gasteiger partial charge < -0.3 is 10.1 Å². The number of nitriles is 1. The van der Waals surface area contributed by atoms with E-state index in [0.717, 1.165) is 15.4 Å². The molecule has 0 bridgehead atoms. The molecular formula is C20H17N3O2S. The van der Waals surface area contributed by atoms with Gasteiger partial charge in [-0.2, -0.15) is 5.26 Å². The lowest BCUT2D eigenvalue weighted by molar-refractivity contribution is 0.0951. The molecule has 1 N–H and O–H groups in total. The van der Waals surface area contributed by atoms with Crippen LogP contribution in [0.2, 0.25) is 0 Å². The van der Waals surface area contributed by atoms with Crippen LogP contribution in [0.15, 0.2) is 54.7 Å². The number of aromatic nitrogens is 1. The predicted molar refractivity (Wildman–Crippen MR) is 100.0 cm³/mol. The molecule has 26 heavy (non-hydrogen) atoms. The number of hydrogen-bond acceptors (Lipinski definition) is 5. The standard InChI is InChI=1S/C20H17N3O2S/c1-14-22-11-19(26-14)12-23-20(24)15-7-4-8-18(9-15)25-13-17-6-3-2-5-16(17)10-21/h2-9,11H,12-13H2,1H3,(H,23,24). The Morgan fingerprint density at radius 1 is 1.27 bits per heavy atom. The predicted octanol–water partition coefficient (Wildman–Crippen LogP) is 3.83. The van der Waals surface area contributed by atoms with Gasteiger partial charge in [0.25, 0.3) is 5.91 Å². The van der Waals surface area contributed by atoms with Crippen molar-refractivity contribution in [2.24, 2.45) is 0 Å². The fourth-order valence-corrected chi connectivity index (χ4v) is 3.13.